The van der Waals surface area contributed by atoms with Crippen molar-refractivity contribution in [1.82, 2.24) is 4.90 Å². The number of aromatic hydroxyl groups is 1. The molecule has 1 aromatic heterocycles. The highest BCUT2D eigenvalue weighted by atomic mass is 16.4. The van der Waals surface area contributed by atoms with Gasteiger partial charge in [-0.05, 0) is 12.5 Å². The van der Waals surface area contributed by atoms with E-state index < -0.39 is 5.43 Å². The second kappa shape index (κ2) is 6.75. The molecule has 0 unspecified atom stereocenters. The fourth-order valence-corrected chi connectivity index (χ4v) is 1.97. The molecule has 1 aliphatic heterocycles. The van der Waals surface area contributed by atoms with Gasteiger partial charge in [0.25, 0.3) is 0 Å². The average molecular weight is 261 g/mol. The number of hydrogen-bond acceptors (Lipinski definition) is 4. The predicted octanol–water partition coefficient (Wildman–Crippen LogP) is 2.47. The predicted molar refractivity (Wildman–Crippen MR) is 76.1 cm³/mol. The summed E-state index contributed by atoms with van der Waals surface area (Å²) in [6.45, 7) is 14.1. The summed E-state index contributed by atoms with van der Waals surface area (Å²) < 4.78 is 5.17. The van der Waals surface area contributed by atoms with Crippen molar-refractivity contribution in [2.24, 2.45) is 0 Å². The summed E-state index contributed by atoms with van der Waals surface area (Å²) in [5.41, 5.74) is 2.12. The van der Waals surface area contributed by atoms with Crippen molar-refractivity contribution >= 4 is 0 Å². The van der Waals surface area contributed by atoms with Crippen LogP contribution in [0.1, 0.15) is 12.7 Å². The summed E-state index contributed by atoms with van der Waals surface area (Å²) >= 11 is 0. The van der Waals surface area contributed by atoms with Gasteiger partial charge in [-0.2, -0.15) is 0 Å². The Morgan fingerprint density at radius 1 is 1.47 bits per heavy atom. The lowest BCUT2D eigenvalue weighted by Gasteiger charge is -2.14. The fraction of sp³-hybridized carbons (Fsp3) is 0.267. The van der Waals surface area contributed by atoms with E-state index in [-0.39, 0.29) is 5.75 Å². The van der Waals surface area contributed by atoms with E-state index in [1.54, 1.807) is 0 Å². The molecule has 2 rings (SSSR count). The van der Waals surface area contributed by atoms with Crippen molar-refractivity contribution in [3.63, 3.8) is 0 Å². The molecule has 0 saturated heterocycles. The molecule has 0 aliphatic carbocycles. The van der Waals surface area contributed by atoms with E-state index in [4.69, 9.17) is 9.52 Å². The zero-order valence-electron chi connectivity index (χ0n) is 11.2. The molecule has 1 aliphatic rings. The van der Waals surface area contributed by atoms with Crippen LogP contribution in [0.5, 0.6) is 5.75 Å². The minimum atomic E-state index is -0.404. The van der Waals surface area contributed by atoms with E-state index in [1.165, 1.54) is 17.2 Å². The van der Waals surface area contributed by atoms with Gasteiger partial charge in [-0.3, -0.25) is 9.69 Å². The monoisotopic (exact) mass is 261 g/mol. The van der Waals surface area contributed by atoms with E-state index >= 15 is 0 Å². The summed E-state index contributed by atoms with van der Waals surface area (Å²) in [5.74, 6) is 0.210. The van der Waals surface area contributed by atoms with Gasteiger partial charge < -0.3 is 9.52 Å². The maximum atomic E-state index is 11.2. The van der Waals surface area contributed by atoms with Crippen LogP contribution in [0, 0.1) is 0 Å². The van der Waals surface area contributed by atoms with Crippen LogP contribution in [0.4, 0.5) is 0 Å². The van der Waals surface area contributed by atoms with Crippen molar-refractivity contribution in [2.45, 2.75) is 13.5 Å². The molecule has 1 N–H and O–H groups in total. The van der Waals surface area contributed by atoms with Crippen LogP contribution >= 0.6 is 0 Å². The topological polar surface area (TPSA) is 53.7 Å². The van der Waals surface area contributed by atoms with Crippen LogP contribution < -0.4 is 5.43 Å². The summed E-state index contributed by atoms with van der Waals surface area (Å²) in [5, 5.41) is 9.09. The first-order chi connectivity index (χ1) is 9.10. The largest absolute Gasteiger partial charge is 0.502 e. The number of rotatable bonds is 3. The van der Waals surface area contributed by atoms with Gasteiger partial charge in [0.2, 0.25) is 5.43 Å². The molecule has 1 aromatic rings. The Balaban J connectivity index is 0.000000861. The van der Waals surface area contributed by atoms with E-state index in [9.17, 15) is 4.79 Å². The molecule has 0 spiro atoms. The second-order valence-corrected chi connectivity index (χ2v) is 4.25. The maximum Gasteiger partial charge on any atom is 0.226 e. The van der Waals surface area contributed by atoms with E-state index in [0.29, 0.717) is 12.3 Å². The lowest BCUT2D eigenvalue weighted by atomic mass is 10.2. The fourth-order valence-electron chi connectivity index (χ4n) is 1.97. The van der Waals surface area contributed by atoms with Crippen molar-refractivity contribution in [1.29, 1.82) is 0 Å². The first-order valence-corrected chi connectivity index (χ1v) is 5.94. The third kappa shape index (κ3) is 3.69. The van der Waals surface area contributed by atoms with Crippen LogP contribution in [0.2, 0.25) is 0 Å². The van der Waals surface area contributed by atoms with Gasteiger partial charge in [0.15, 0.2) is 5.75 Å². The Morgan fingerprint density at radius 2 is 2.16 bits per heavy atom. The maximum absolute atomic E-state index is 11.2. The van der Waals surface area contributed by atoms with Gasteiger partial charge in [-0.1, -0.05) is 18.2 Å². The van der Waals surface area contributed by atoms with E-state index in [0.717, 1.165) is 19.4 Å². The Labute approximate surface area is 113 Å². The quantitative estimate of drug-likeness (QED) is 0.849. The first kappa shape index (κ1) is 15.0. The minimum absolute atomic E-state index is 0.351. The number of hydrogen-bond donors (Lipinski definition) is 1. The lowest BCUT2D eigenvalue weighted by Crippen LogP contribution is -2.21. The molecule has 0 saturated carbocycles. The van der Waals surface area contributed by atoms with Gasteiger partial charge >= 0.3 is 0 Å². The van der Waals surface area contributed by atoms with Crippen LogP contribution in [0.25, 0.3) is 0 Å². The Morgan fingerprint density at radius 3 is 2.68 bits per heavy atom. The minimum Gasteiger partial charge on any atom is -0.502 e. The Kier molecular flexibility index (Phi) is 5.33. The third-order valence-electron chi connectivity index (χ3n) is 2.90. The molecule has 0 fully saturated rings. The van der Waals surface area contributed by atoms with Crippen molar-refractivity contribution in [3.8, 4) is 5.75 Å². The zero-order chi connectivity index (χ0) is 14.4. The van der Waals surface area contributed by atoms with Crippen molar-refractivity contribution in [3.05, 3.63) is 65.3 Å². The second-order valence-electron chi connectivity index (χ2n) is 4.25. The molecule has 0 bridgehead atoms. The highest BCUT2D eigenvalue weighted by Crippen LogP contribution is 2.19. The molecule has 0 atom stereocenters. The number of nitrogens with zero attached hydrogens (tertiary/aromatic N) is 1. The summed E-state index contributed by atoms with van der Waals surface area (Å²) in [6, 6.07) is 1.33. The van der Waals surface area contributed by atoms with E-state index in [2.05, 4.69) is 31.6 Å². The van der Waals surface area contributed by atoms with Crippen LogP contribution in [0.15, 0.2) is 58.5 Å². The highest BCUT2D eigenvalue weighted by Gasteiger charge is 2.18. The zero-order valence-corrected chi connectivity index (χ0v) is 11.2. The molecule has 0 aromatic carbocycles. The standard InChI is InChI=1S/C13H15NO3.C2H4/c1-3-10-6-14(5-9(10)2)7-11-4-12(15)13(16)8-17-11;1-2/h3-4,8,16H,1,5-7H2,2H3;1-2H2. The van der Waals surface area contributed by atoms with Gasteiger partial charge in [-0.25, -0.2) is 0 Å². The summed E-state index contributed by atoms with van der Waals surface area (Å²) in [6.07, 6.45) is 2.95. The molecular formula is C15H19NO3. The average Bonchev–Trinajstić information content (AvgIpc) is 2.76. The van der Waals surface area contributed by atoms with Crippen LogP contribution in [-0.2, 0) is 6.54 Å². The molecule has 4 nitrogen and oxygen atoms in total. The molecule has 19 heavy (non-hydrogen) atoms. The molecule has 0 amide bonds. The normalized spacial score (nSPS) is 15.0. The van der Waals surface area contributed by atoms with Gasteiger partial charge in [0.1, 0.15) is 12.0 Å². The highest BCUT2D eigenvalue weighted by molar-refractivity contribution is 5.30. The van der Waals surface area contributed by atoms with E-state index in [1.807, 2.05) is 6.08 Å². The van der Waals surface area contributed by atoms with Crippen molar-refractivity contribution < 1.29 is 9.52 Å². The smallest absolute Gasteiger partial charge is 0.226 e. The summed E-state index contributed by atoms with van der Waals surface area (Å²) in [4.78, 5) is 13.4. The summed E-state index contributed by atoms with van der Waals surface area (Å²) in [7, 11) is 0. The molecule has 102 valence electrons. The lowest BCUT2D eigenvalue weighted by molar-refractivity contribution is 0.294. The SMILES string of the molecule is C=C.C=CC1=C(C)CN(Cc2cc(=O)c(O)co2)C1. The third-order valence-corrected chi connectivity index (χ3v) is 2.90. The van der Waals surface area contributed by atoms with Crippen LogP contribution in [-0.4, -0.2) is 23.1 Å². The van der Waals surface area contributed by atoms with Gasteiger partial charge in [0.05, 0.1) is 6.54 Å². The molecular weight excluding hydrogens is 242 g/mol. The molecule has 2 heterocycles. The Hall–Kier alpha value is -2.07. The van der Waals surface area contributed by atoms with Gasteiger partial charge in [0, 0.05) is 19.2 Å². The van der Waals surface area contributed by atoms with Gasteiger partial charge in [-0.15, -0.1) is 13.2 Å². The molecule has 0 radical (unpaired) electrons. The Bertz CT molecular complexity index is 543. The van der Waals surface area contributed by atoms with Crippen LogP contribution in [0.3, 0.4) is 0 Å². The molecule has 4 heteroatoms. The first-order valence-electron chi connectivity index (χ1n) is 5.94. The van der Waals surface area contributed by atoms with Crippen molar-refractivity contribution in [2.75, 3.05) is 13.1 Å².